The summed E-state index contributed by atoms with van der Waals surface area (Å²) in [4.78, 5) is 0. The van der Waals surface area contributed by atoms with Gasteiger partial charge in [-0.05, 0) is 11.8 Å². The lowest BCUT2D eigenvalue weighted by molar-refractivity contribution is 0.475. The summed E-state index contributed by atoms with van der Waals surface area (Å²) in [6.45, 7) is 0. The smallest absolute Gasteiger partial charge is 0.130 e. The summed E-state index contributed by atoms with van der Waals surface area (Å²) in [5.74, 6) is 5.28. The Kier molecular flexibility index (Phi) is 0.719. The molecule has 0 radical (unpaired) electrons. The third kappa shape index (κ3) is 0.445. The van der Waals surface area contributed by atoms with Crippen LogP contribution in [-0.4, -0.2) is 0 Å². The fourth-order valence-corrected chi connectivity index (χ4v) is 0.214. The number of hydrogen-bond donors (Lipinski definition) is 0. The quantitative estimate of drug-likeness (QED) is 0.379. The molecule has 1 aliphatic rings. The first kappa shape index (κ1) is 3.12. The Morgan fingerprint density at radius 3 is 2.00 bits per heavy atom. The van der Waals surface area contributed by atoms with Crippen LogP contribution in [0.1, 0.15) is 6.42 Å². The number of rotatable bonds is 0. The van der Waals surface area contributed by atoms with Gasteiger partial charge in [0.15, 0.2) is 0 Å². The van der Waals surface area contributed by atoms with Crippen molar-refractivity contribution in [3.63, 3.8) is 0 Å². The summed E-state index contributed by atoms with van der Waals surface area (Å²) in [7, 11) is 0. The Balaban J connectivity index is 2.57. The van der Waals surface area contributed by atoms with Gasteiger partial charge in [-0.15, -0.1) is 0 Å². The van der Waals surface area contributed by atoms with Crippen LogP contribution in [0, 0.1) is 24.1 Å². The van der Waals surface area contributed by atoms with Gasteiger partial charge in [0.05, 0.1) is 6.42 Å². The van der Waals surface area contributed by atoms with Crippen molar-refractivity contribution in [1.29, 1.82) is 0 Å². The van der Waals surface area contributed by atoms with Crippen LogP contribution in [0.15, 0.2) is 0 Å². The van der Waals surface area contributed by atoms with Crippen molar-refractivity contribution in [2.24, 2.45) is 0 Å². The maximum atomic E-state index is 4.35. The van der Waals surface area contributed by atoms with Crippen LogP contribution >= 0.6 is 0 Å². The van der Waals surface area contributed by atoms with Crippen molar-refractivity contribution in [3.8, 4) is 24.1 Å². The molecule has 0 aliphatic carbocycles. The van der Waals surface area contributed by atoms with Gasteiger partial charge in [-0.1, -0.05) is 0 Å². The van der Waals surface area contributed by atoms with Gasteiger partial charge in [-0.2, -0.15) is 0 Å². The molecular formula is C5H2O. The van der Waals surface area contributed by atoms with Gasteiger partial charge in [0.25, 0.3) is 0 Å². The summed E-state index contributed by atoms with van der Waals surface area (Å²) < 4.78 is 4.35. The van der Waals surface area contributed by atoms with Gasteiger partial charge >= 0.3 is 0 Å². The van der Waals surface area contributed by atoms with Gasteiger partial charge in [-0.25, -0.2) is 0 Å². The molecule has 0 amide bonds. The predicted octanol–water partition coefficient (Wildman–Crippen LogP) is 0.329. The van der Waals surface area contributed by atoms with Crippen LogP contribution in [0.25, 0.3) is 0 Å². The van der Waals surface area contributed by atoms with Crippen LogP contribution in [0.4, 0.5) is 0 Å². The second kappa shape index (κ2) is 1.38. The number of hydrogen-bond acceptors (Lipinski definition) is 1. The molecule has 0 aromatic heterocycles. The van der Waals surface area contributed by atoms with Crippen LogP contribution < -0.4 is 0 Å². The molecule has 0 N–H and O–H groups in total. The zero-order valence-electron chi connectivity index (χ0n) is 3.12. The van der Waals surface area contributed by atoms with Crippen molar-refractivity contribution in [2.75, 3.05) is 0 Å². The van der Waals surface area contributed by atoms with Crippen molar-refractivity contribution >= 4 is 0 Å². The van der Waals surface area contributed by atoms with E-state index in [0.29, 0.717) is 6.42 Å². The summed E-state index contributed by atoms with van der Waals surface area (Å²) >= 11 is 0. The highest BCUT2D eigenvalue weighted by Crippen LogP contribution is 1.76. The maximum absolute atomic E-state index is 4.35. The molecule has 6 heavy (non-hydrogen) atoms. The third-order valence-electron chi connectivity index (χ3n) is 0.423. The minimum absolute atomic E-state index is 0.653. The topological polar surface area (TPSA) is 9.23 Å². The van der Waals surface area contributed by atoms with Gasteiger partial charge < -0.3 is 4.74 Å². The van der Waals surface area contributed by atoms with E-state index < -0.39 is 0 Å². The lowest BCUT2D eigenvalue weighted by Crippen LogP contribution is -1.72. The monoisotopic (exact) mass is 78.0 g/mol. The van der Waals surface area contributed by atoms with Crippen molar-refractivity contribution in [1.82, 2.24) is 0 Å². The molecule has 1 heterocycles. The van der Waals surface area contributed by atoms with Crippen LogP contribution in [0.5, 0.6) is 0 Å². The first-order valence-electron chi connectivity index (χ1n) is 1.62. The minimum Gasteiger partial charge on any atom is -0.357 e. The Morgan fingerprint density at radius 2 is 1.83 bits per heavy atom. The molecule has 1 nitrogen and oxygen atoms in total. The number of ether oxygens (including phenoxy) is 1. The average molecular weight is 78.1 g/mol. The molecular weight excluding hydrogens is 76.1 g/mol. The van der Waals surface area contributed by atoms with Crippen molar-refractivity contribution < 1.29 is 4.74 Å². The molecule has 0 aromatic rings. The highest BCUT2D eigenvalue weighted by molar-refractivity contribution is 5.12. The highest BCUT2D eigenvalue weighted by atomic mass is 16.5. The summed E-state index contributed by atoms with van der Waals surface area (Å²) in [6, 6.07) is 0. The maximum Gasteiger partial charge on any atom is 0.130 e. The fourth-order valence-electron chi connectivity index (χ4n) is 0.214. The molecule has 1 rings (SSSR count). The first-order chi connectivity index (χ1) is 3.00. The molecule has 0 fully saturated rings. The molecule has 0 saturated heterocycles. The first-order valence-corrected chi connectivity index (χ1v) is 1.62. The molecule has 28 valence electrons. The summed E-state index contributed by atoms with van der Waals surface area (Å²) in [5.41, 5.74) is 0. The van der Waals surface area contributed by atoms with E-state index in [9.17, 15) is 0 Å². The van der Waals surface area contributed by atoms with Gasteiger partial charge in [-0.3, -0.25) is 0 Å². The highest BCUT2D eigenvalue weighted by Gasteiger charge is 1.72. The van der Waals surface area contributed by atoms with E-state index in [1.165, 1.54) is 0 Å². The van der Waals surface area contributed by atoms with Gasteiger partial charge in [0.2, 0.25) is 0 Å². The Bertz CT molecular complexity index is 116. The van der Waals surface area contributed by atoms with Gasteiger partial charge in [0.1, 0.15) is 12.2 Å². The predicted molar refractivity (Wildman–Crippen MR) is 21.3 cm³/mol. The SMILES string of the molecule is C1#COC#CC1. The average Bonchev–Trinajstić information content (AvgIpc) is 1.72. The second-order valence-corrected chi connectivity index (χ2v) is 0.837. The van der Waals surface area contributed by atoms with Crippen molar-refractivity contribution in [2.45, 2.75) is 6.42 Å². The van der Waals surface area contributed by atoms with E-state index in [4.69, 9.17) is 0 Å². The lowest BCUT2D eigenvalue weighted by atomic mass is 10.5. The van der Waals surface area contributed by atoms with Crippen molar-refractivity contribution in [3.05, 3.63) is 0 Å². The standard InChI is InChI=1S/C5H2O/c1-2-4-6-5-3-1/h1H2. The molecule has 0 bridgehead atoms. The van der Waals surface area contributed by atoms with Crippen LogP contribution in [0.2, 0.25) is 0 Å². The molecule has 0 saturated carbocycles. The van der Waals surface area contributed by atoms with Crippen LogP contribution in [0.3, 0.4) is 0 Å². The van der Waals surface area contributed by atoms with E-state index in [-0.39, 0.29) is 0 Å². The fraction of sp³-hybridized carbons (Fsp3) is 0.200. The zero-order chi connectivity index (χ0) is 4.24. The van der Waals surface area contributed by atoms with Gasteiger partial charge in [0, 0.05) is 0 Å². The lowest BCUT2D eigenvalue weighted by Gasteiger charge is -1.78. The zero-order valence-corrected chi connectivity index (χ0v) is 3.12. The summed E-state index contributed by atoms with van der Waals surface area (Å²) in [5, 5.41) is 0. The van der Waals surface area contributed by atoms with E-state index in [1.807, 2.05) is 0 Å². The Morgan fingerprint density at radius 1 is 1.17 bits per heavy atom. The molecule has 1 aliphatic heterocycles. The van der Waals surface area contributed by atoms with E-state index >= 15 is 0 Å². The molecule has 1 heteroatoms. The van der Waals surface area contributed by atoms with E-state index in [0.717, 1.165) is 0 Å². The Labute approximate surface area is 36.3 Å². The Hall–Kier alpha value is -1.08. The molecule has 0 spiro atoms. The molecule has 0 aromatic carbocycles. The van der Waals surface area contributed by atoms with E-state index in [2.05, 4.69) is 28.8 Å². The third-order valence-corrected chi connectivity index (χ3v) is 0.423. The molecule has 0 atom stereocenters. The minimum atomic E-state index is 0.653. The second-order valence-electron chi connectivity index (χ2n) is 0.837. The summed E-state index contributed by atoms with van der Waals surface area (Å²) in [6.07, 6.45) is 5.38. The normalized spacial score (nSPS) is 12.0. The largest absolute Gasteiger partial charge is 0.357 e. The van der Waals surface area contributed by atoms with E-state index in [1.54, 1.807) is 0 Å². The van der Waals surface area contributed by atoms with Crippen LogP contribution in [-0.2, 0) is 4.74 Å². The molecule has 0 unspecified atom stereocenters.